The monoisotopic (exact) mass is 377 g/mol. The molecule has 1 fully saturated rings. The molecule has 5 nitrogen and oxygen atoms in total. The average molecular weight is 377 g/mol. The van der Waals surface area contributed by atoms with E-state index in [4.69, 9.17) is 14.1 Å². The Balaban J connectivity index is 1.37. The van der Waals surface area contributed by atoms with Gasteiger partial charge in [0, 0.05) is 37.0 Å². The lowest BCUT2D eigenvalue weighted by molar-refractivity contribution is 0.271. The van der Waals surface area contributed by atoms with Crippen molar-refractivity contribution in [3.05, 3.63) is 65.8 Å². The second kappa shape index (κ2) is 8.57. The largest absolute Gasteiger partial charge is 0.489 e. The van der Waals surface area contributed by atoms with Gasteiger partial charge in [-0.05, 0) is 75.2 Å². The summed E-state index contributed by atoms with van der Waals surface area (Å²) in [5, 5.41) is 0. The maximum atomic E-state index is 5.93. The summed E-state index contributed by atoms with van der Waals surface area (Å²) >= 11 is 0. The van der Waals surface area contributed by atoms with Crippen LogP contribution in [0.25, 0.3) is 11.5 Å². The quantitative estimate of drug-likeness (QED) is 0.600. The van der Waals surface area contributed by atoms with Gasteiger partial charge >= 0.3 is 0 Å². The van der Waals surface area contributed by atoms with Crippen molar-refractivity contribution >= 4 is 0 Å². The zero-order valence-electron chi connectivity index (χ0n) is 16.6. The first-order valence-electron chi connectivity index (χ1n) is 10.0. The van der Waals surface area contributed by atoms with Gasteiger partial charge in [-0.2, -0.15) is 0 Å². The smallest absolute Gasteiger partial charge is 0.226 e. The van der Waals surface area contributed by atoms with Gasteiger partial charge in [-0.1, -0.05) is 0 Å². The fourth-order valence-corrected chi connectivity index (χ4v) is 3.70. The molecule has 0 bridgehead atoms. The van der Waals surface area contributed by atoms with E-state index < -0.39 is 0 Å². The molecule has 4 rings (SSSR count). The van der Waals surface area contributed by atoms with E-state index in [1.165, 1.54) is 19.4 Å². The number of nitrogens with zero attached hydrogens (tertiary/aromatic N) is 3. The van der Waals surface area contributed by atoms with Crippen LogP contribution in [0.1, 0.15) is 36.8 Å². The van der Waals surface area contributed by atoms with Gasteiger partial charge in [0.05, 0.1) is 5.69 Å². The number of oxazole rings is 1. The maximum Gasteiger partial charge on any atom is 0.226 e. The molecular weight excluding hydrogens is 350 g/mol. The lowest BCUT2D eigenvalue weighted by Gasteiger charge is -2.20. The molecule has 146 valence electrons. The van der Waals surface area contributed by atoms with E-state index in [0.29, 0.717) is 18.5 Å². The maximum absolute atomic E-state index is 5.93. The van der Waals surface area contributed by atoms with E-state index in [2.05, 4.69) is 16.8 Å². The van der Waals surface area contributed by atoms with Crippen LogP contribution in [0.5, 0.6) is 5.75 Å². The van der Waals surface area contributed by atoms with Crippen molar-refractivity contribution in [1.29, 1.82) is 0 Å². The number of likely N-dealkylation sites (tertiary alicyclic amines) is 1. The number of pyridine rings is 1. The first-order chi connectivity index (χ1) is 13.7. The molecule has 3 aromatic rings. The minimum absolute atomic E-state index is 0.527. The number of benzene rings is 1. The van der Waals surface area contributed by atoms with Crippen molar-refractivity contribution in [2.45, 2.75) is 45.8 Å². The highest BCUT2D eigenvalue weighted by Gasteiger charge is 2.21. The summed E-state index contributed by atoms with van der Waals surface area (Å²) in [5.74, 6) is 2.43. The zero-order valence-corrected chi connectivity index (χ0v) is 16.6. The lowest BCUT2D eigenvalue weighted by atomic mass is 10.2. The molecule has 0 aliphatic carbocycles. The first-order valence-corrected chi connectivity index (χ1v) is 10.0. The molecule has 28 heavy (non-hydrogen) atoms. The number of aromatic nitrogens is 2. The molecule has 0 N–H and O–H groups in total. The van der Waals surface area contributed by atoms with Crippen LogP contribution < -0.4 is 4.74 Å². The van der Waals surface area contributed by atoms with E-state index >= 15 is 0 Å². The van der Waals surface area contributed by atoms with Crippen molar-refractivity contribution in [3.8, 4) is 17.2 Å². The fourth-order valence-electron chi connectivity index (χ4n) is 3.70. The fraction of sp³-hybridized carbons (Fsp3) is 0.391. The Labute approximate surface area is 166 Å². The van der Waals surface area contributed by atoms with Crippen LogP contribution in [-0.4, -0.2) is 34.0 Å². The Morgan fingerprint density at radius 3 is 2.64 bits per heavy atom. The Morgan fingerprint density at radius 2 is 1.93 bits per heavy atom. The third kappa shape index (κ3) is 4.42. The summed E-state index contributed by atoms with van der Waals surface area (Å²) in [6, 6.07) is 12.5. The van der Waals surface area contributed by atoms with Crippen molar-refractivity contribution < 1.29 is 9.15 Å². The molecule has 5 heteroatoms. The second-order valence-electron chi connectivity index (χ2n) is 7.47. The van der Waals surface area contributed by atoms with Gasteiger partial charge in [-0.3, -0.25) is 4.98 Å². The van der Waals surface area contributed by atoms with E-state index in [1.807, 2.05) is 43.3 Å². The van der Waals surface area contributed by atoms with Crippen molar-refractivity contribution in [2.75, 3.05) is 13.1 Å². The van der Waals surface area contributed by atoms with Crippen molar-refractivity contribution in [2.24, 2.45) is 0 Å². The van der Waals surface area contributed by atoms with Crippen LogP contribution in [0.15, 0.2) is 53.2 Å². The third-order valence-corrected chi connectivity index (χ3v) is 5.48. The second-order valence-corrected chi connectivity index (χ2v) is 7.47. The average Bonchev–Trinajstić information content (AvgIpc) is 3.31. The van der Waals surface area contributed by atoms with E-state index in [-0.39, 0.29) is 0 Å². The number of hydrogen-bond donors (Lipinski definition) is 0. The SMILES string of the molecule is Cc1oc(-c2ccc(OCc3ccncc3)cc2)nc1CCN1CCCC1C. The Bertz CT molecular complexity index is 890. The van der Waals surface area contributed by atoms with Gasteiger partial charge < -0.3 is 14.1 Å². The number of aryl methyl sites for hydroxylation is 1. The van der Waals surface area contributed by atoms with Crippen molar-refractivity contribution in [3.63, 3.8) is 0 Å². The molecule has 3 heterocycles. The minimum Gasteiger partial charge on any atom is -0.489 e. The van der Waals surface area contributed by atoms with Crippen molar-refractivity contribution in [1.82, 2.24) is 14.9 Å². The molecule has 1 aliphatic rings. The van der Waals surface area contributed by atoms with Crippen LogP contribution in [-0.2, 0) is 13.0 Å². The summed E-state index contributed by atoms with van der Waals surface area (Å²) in [5.41, 5.74) is 3.13. The van der Waals surface area contributed by atoms with Crippen LogP contribution >= 0.6 is 0 Å². The van der Waals surface area contributed by atoms with Gasteiger partial charge in [0.1, 0.15) is 18.1 Å². The topological polar surface area (TPSA) is 51.4 Å². The number of ether oxygens (including phenoxy) is 1. The summed E-state index contributed by atoms with van der Waals surface area (Å²) in [6.07, 6.45) is 7.09. The summed E-state index contributed by atoms with van der Waals surface area (Å²) in [4.78, 5) is 11.3. The molecule has 2 aromatic heterocycles. The molecule has 1 aromatic carbocycles. The highest BCUT2D eigenvalue weighted by Crippen LogP contribution is 2.25. The molecule has 1 saturated heterocycles. The van der Waals surface area contributed by atoms with Crippen LogP contribution in [0, 0.1) is 6.92 Å². The normalized spacial score (nSPS) is 17.1. The predicted octanol–water partition coefficient (Wildman–Crippen LogP) is 4.65. The van der Waals surface area contributed by atoms with Gasteiger partial charge in [-0.15, -0.1) is 0 Å². The Morgan fingerprint density at radius 1 is 1.14 bits per heavy atom. The van der Waals surface area contributed by atoms with E-state index in [0.717, 1.165) is 41.3 Å². The van der Waals surface area contributed by atoms with Gasteiger partial charge in [-0.25, -0.2) is 4.98 Å². The molecule has 1 atom stereocenters. The number of rotatable bonds is 7. The van der Waals surface area contributed by atoms with Crippen LogP contribution in [0.3, 0.4) is 0 Å². The Kier molecular flexibility index (Phi) is 5.72. The number of hydrogen-bond acceptors (Lipinski definition) is 5. The first kappa shape index (κ1) is 18.7. The van der Waals surface area contributed by atoms with Gasteiger partial charge in [0.25, 0.3) is 0 Å². The van der Waals surface area contributed by atoms with Crippen LogP contribution in [0.2, 0.25) is 0 Å². The third-order valence-electron chi connectivity index (χ3n) is 5.48. The standard InChI is InChI=1S/C23H27N3O2/c1-17-4-3-14-26(17)15-11-22-18(2)28-23(25-22)20-5-7-21(8-6-20)27-16-19-9-12-24-13-10-19/h5-10,12-13,17H,3-4,11,14-16H2,1-2H3. The molecular formula is C23H27N3O2. The van der Waals surface area contributed by atoms with E-state index in [1.54, 1.807) is 12.4 Å². The summed E-state index contributed by atoms with van der Waals surface area (Å²) in [7, 11) is 0. The Hall–Kier alpha value is -2.66. The summed E-state index contributed by atoms with van der Waals surface area (Å²) in [6.45, 7) is 7.10. The molecule has 0 spiro atoms. The lowest BCUT2D eigenvalue weighted by Crippen LogP contribution is -2.29. The van der Waals surface area contributed by atoms with Gasteiger partial charge in [0.15, 0.2) is 0 Å². The van der Waals surface area contributed by atoms with E-state index in [9.17, 15) is 0 Å². The molecule has 1 unspecified atom stereocenters. The van der Waals surface area contributed by atoms with Gasteiger partial charge in [0.2, 0.25) is 5.89 Å². The highest BCUT2D eigenvalue weighted by molar-refractivity contribution is 5.55. The predicted molar refractivity (Wildman–Crippen MR) is 109 cm³/mol. The molecule has 1 aliphatic heterocycles. The minimum atomic E-state index is 0.527. The zero-order chi connectivity index (χ0) is 19.3. The molecule has 0 radical (unpaired) electrons. The highest BCUT2D eigenvalue weighted by atomic mass is 16.5. The molecule has 0 saturated carbocycles. The van der Waals surface area contributed by atoms with Crippen LogP contribution in [0.4, 0.5) is 0 Å². The summed E-state index contributed by atoms with van der Waals surface area (Å²) < 4.78 is 11.8. The molecule has 0 amide bonds.